The smallest absolute Gasteiger partial charge is 0.323 e. The van der Waals surface area contributed by atoms with Gasteiger partial charge < -0.3 is 20.1 Å². The number of anilines is 2. The second kappa shape index (κ2) is 6.85. The first-order valence-electron chi connectivity index (χ1n) is 6.90. The molecule has 2 aromatic rings. The van der Waals surface area contributed by atoms with Crippen LogP contribution in [0.5, 0.6) is 11.5 Å². The van der Waals surface area contributed by atoms with Crippen LogP contribution < -0.4 is 20.1 Å². The number of carbonyl (C=O) groups excluding carboxylic acids is 1. The van der Waals surface area contributed by atoms with Gasteiger partial charge in [-0.25, -0.2) is 4.79 Å². The van der Waals surface area contributed by atoms with E-state index < -0.39 is 0 Å². The highest BCUT2D eigenvalue weighted by Crippen LogP contribution is 2.29. The summed E-state index contributed by atoms with van der Waals surface area (Å²) in [4.78, 5) is 12.1. The topological polar surface area (TPSA) is 59.6 Å². The molecule has 0 unspecified atom stereocenters. The normalized spacial score (nSPS) is 10.0. The molecule has 22 heavy (non-hydrogen) atoms. The molecular formula is C17H20N2O3. The van der Waals surface area contributed by atoms with Gasteiger partial charge in [-0.15, -0.1) is 0 Å². The van der Waals surface area contributed by atoms with E-state index in [9.17, 15) is 4.79 Å². The second-order valence-corrected chi connectivity index (χ2v) is 4.97. The van der Waals surface area contributed by atoms with Crippen molar-refractivity contribution in [3.63, 3.8) is 0 Å². The van der Waals surface area contributed by atoms with E-state index in [4.69, 9.17) is 9.47 Å². The van der Waals surface area contributed by atoms with Gasteiger partial charge in [0.05, 0.1) is 14.2 Å². The number of nitrogens with one attached hydrogen (secondary N) is 2. The summed E-state index contributed by atoms with van der Waals surface area (Å²) in [5.74, 6) is 1.18. The maximum Gasteiger partial charge on any atom is 0.323 e. The Morgan fingerprint density at radius 3 is 2.32 bits per heavy atom. The lowest BCUT2D eigenvalue weighted by molar-refractivity contribution is 0.262. The molecule has 0 heterocycles. The molecule has 0 spiro atoms. The summed E-state index contributed by atoms with van der Waals surface area (Å²) in [6, 6.07) is 10.8. The zero-order chi connectivity index (χ0) is 16.1. The third kappa shape index (κ3) is 3.69. The summed E-state index contributed by atoms with van der Waals surface area (Å²) in [7, 11) is 3.12. The molecule has 0 bridgehead atoms. The van der Waals surface area contributed by atoms with Gasteiger partial charge in [0.2, 0.25) is 0 Å². The molecule has 0 radical (unpaired) electrons. The number of hydrogen-bond donors (Lipinski definition) is 2. The average Bonchev–Trinajstić information content (AvgIpc) is 2.50. The van der Waals surface area contributed by atoms with Crippen LogP contribution >= 0.6 is 0 Å². The van der Waals surface area contributed by atoms with Crippen molar-refractivity contribution in [2.75, 3.05) is 24.9 Å². The van der Waals surface area contributed by atoms with Gasteiger partial charge in [0, 0.05) is 17.4 Å². The predicted molar refractivity (Wildman–Crippen MR) is 88.1 cm³/mol. The molecule has 2 N–H and O–H groups in total. The Hall–Kier alpha value is -2.69. The third-order valence-electron chi connectivity index (χ3n) is 3.28. The van der Waals surface area contributed by atoms with Crippen LogP contribution in [0.3, 0.4) is 0 Å². The van der Waals surface area contributed by atoms with Gasteiger partial charge >= 0.3 is 6.03 Å². The van der Waals surface area contributed by atoms with Gasteiger partial charge in [0.25, 0.3) is 0 Å². The van der Waals surface area contributed by atoms with Gasteiger partial charge in [-0.2, -0.15) is 0 Å². The number of amides is 2. The number of rotatable bonds is 4. The number of methoxy groups -OCH3 is 2. The highest BCUT2D eigenvalue weighted by molar-refractivity contribution is 6.00. The lowest BCUT2D eigenvalue weighted by atomic mass is 10.1. The molecule has 0 aromatic heterocycles. The number of urea groups is 1. The van der Waals surface area contributed by atoms with E-state index >= 15 is 0 Å². The summed E-state index contributed by atoms with van der Waals surface area (Å²) in [6.45, 7) is 3.93. The molecule has 2 rings (SSSR count). The van der Waals surface area contributed by atoms with Gasteiger partial charge in [-0.3, -0.25) is 0 Å². The van der Waals surface area contributed by atoms with Crippen molar-refractivity contribution in [3.8, 4) is 11.5 Å². The zero-order valence-corrected chi connectivity index (χ0v) is 13.2. The zero-order valence-electron chi connectivity index (χ0n) is 13.2. The minimum atomic E-state index is -0.305. The highest BCUT2D eigenvalue weighted by atomic mass is 16.5. The van der Waals surface area contributed by atoms with Crippen molar-refractivity contribution < 1.29 is 14.3 Å². The molecule has 2 amide bonds. The third-order valence-corrected chi connectivity index (χ3v) is 3.28. The molecule has 0 saturated carbocycles. The van der Waals surface area contributed by atoms with Crippen LogP contribution in [0.15, 0.2) is 36.4 Å². The van der Waals surface area contributed by atoms with Gasteiger partial charge in [-0.1, -0.05) is 12.1 Å². The first kappa shape index (κ1) is 15.7. The van der Waals surface area contributed by atoms with Gasteiger partial charge in [-0.05, 0) is 43.2 Å². The molecule has 2 aromatic carbocycles. The van der Waals surface area contributed by atoms with Crippen LogP contribution in [0.2, 0.25) is 0 Å². The molecule has 5 heteroatoms. The molecule has 0 fully saturated rings. The monoisotopic (exact) mass is 300 g/mol. The van der Waals surface area contributed by atoms with Crippen molar-refractivity contribution in [3.05, 3.63) is 47.5 Å². The van der Waals surface area contributed by atoms with Gasteiger partial charge in [0.1, 0.15) is 0 Å². The molecule has 116 valence electrons. The lowest BCUT2D eigenvalue weighted by Crippen LogP contribution is -2.20. The Labute approximate surface area is 130 Å². The SMILES string of the molecule is COc1ccc(NC(=O)Nc2cc(C)ccc2C)cc1OC. The maximum absolute atomic E-state index is 12.1. The summed E-state index contributed by atoms with van der Waals surface area (Å²) in [5.41, 5.74) is 3.51. The Morgan fingerprint density at radius 1 is 0.909 bits per heavy atom. The predicted octanol–water partition coefficient (Wildman–Crippen LogP) is 3.96. The van der Waals surface area contributed by atoms with E-state index in [1.807, 2.05) is 32.0 Å². The number of carbonyl (C=O) groups is 1. The number of benzene rings is 2. The Kier molecular flexibility index (Phi) is 4.88. The molecule has 0 saturated heterocycles. The van der Waals surface area contributed by atoms with Crippen LogP contribution in [-0.4, -0.2) is 20.3 Å². The van der Waals surface area contributed by atoms with E-state index in [-0.39, 0.29) is 6.03 Å². The molecule has 0 atom stereocenters. The van der Waals surface area contributed by atoms with Crippen LogP contribution in [0.4, 0.5) is 16.2 Å². The van der Waals surface area contributed by atoms with Crippen molar-refractivity contribution in [1.29, 1.82) is 0 Å². The molecule has 0 aliphatic rings. The van der Waals surface area contributed by atoms with Crippen LogP contribution in [-0.2, 0) is 0 Å². The average molecular weight is 300 g/mol. The summed E-state index contributed by atoms with van der Waals surface area (Å²) >= 11 is 0. The standard InChI is InChI=1S/C17H20N2O3/c1-11-5-6-12(2)14(9-11)19-17(20)18-13-7-8-15(21-3)16(10-13)22-4/h5-10H,1-4H3,(H2,18,19,20). The number of hydrogen-bond acceptors (Lipinski definition) is 3. The van der Waals surface area contributed by atoms with E-state index in [0.717, 1.165) is 16.8 Å². The number of ether oxygens (including phenoxy) is 2. The molecule has 0 aliphatic heterocycles. The van der Waals surface area contributed by atoms with E-state index in [2.05, 4.69) is 10.6 Å². The van der Waals surface area contributed by atoms with Crippen LogP contribution in [0, 0.1) is 13.8 Å². The van der Waals surface area contributed by atoms with E-state index in [0.29, 0.717) is 17.2 Å². The Morgan fingerprint density at radius 2 is 1.64 bits per heavy atom. The maximum atomic E-state index is 12.1. The first-order valence-corrected chi connectivity index (χ1v) is 6.90. The first-order chi connectivity index (χ1) is 10.5. The van der Waals surface area contributed by atoms with Crippen molar-refractivity contribution in [1.82, 2.24) is 0 Å². The summed E-state index contributed by atoms with van der Waals surface area (Å²) < 4.78 is 10.4. The summed E-state index contributed by atoms with van der Waals surface area (Å²) in [5, 5.41) is 5.62. The Bertz CT molecular complexity index is 684. The minimum Gasteiger partial charge on any atom is -0.493 e. The molecular weight excluding hydrogens is 280 g/mol. The highest BCUT2D eigenvalue weighted by Gasteiger charge is 2.08. The second-order valence-electron chi connectivity index (χ2n) is 4.97. The lowest BCUT2D eigenvalue weighted by Gasteiger charge is -2.12. The van der Waals surface area contributed by atoms with Crippen molar-refractivity contribution >= 4 is 17.4 Å². The fourth-order valence-corrected chi connectivity index (χ4v) is 2.07. The minimum absolute atomic E-state index is 0.305. The molecule has 0 aliphatic carbocycles. The van der Waals surface area contributed by atoms with Gasteiger partial charge in [0.15, 0.2) is 11.5 Å². The van der Waals surface area contributed by atoms with Crippen molar-refractivity contribution in [2.45, 2.75) is 13.8 Å². The van der Waals surface area contributed by atoms with E-state index in [1.165, 1.54) is 0 Å². The quantitative estimate of drug-likeness (QED) is 0.898. The Balaban J connectivity index is 2.10. The molecule has 5 nitrogen and oxygen atoms in total. The summed E-state index contributed by atoms with van der Waals surface area (Å²) in [6.07, 6.45) is 0. The fraction of sp³-hybridized carbons (Fsp3) is 0.235. The van der Waals surface area contributed by atoms with E-state index in [1.54, 1.807) is 32.4 Å². The van der Waals surface area contributed by atoms with Crippen molar-refractivity contribution in [2.24, 2.45) is 0 Å². The number of aryl methyl sites for hydroxylation is 2. The largest absolute Gasteiger partial charge is 0.493 e. The van der Waals surface area contributed by atoms with Crippen LogP contribution in [0.1, 0.15) is 11.1 Å². The fourth-order valence-electron chi connectivity index (χ4n) is 2.07. The van der Waals surface area contributed by atoms with Crippen LogP contribution in [0.25, 0.3) is 0 Å².